The first-order valence-electron chi connectivity index (χ1n) is 7.14. The molecule has 0 spiro atoms. The first-order valence-corrected chi connectivity index (χ1v) is 7.14. The average molecular weight is 279 g/mol. The van der Waals surface area contributed by atoms with Gasteiger partial charge in [0.1, 0.15) is 0 Å². The molecule has 1 saturated carbocycles. The lowest BCUT2D eigenvalue weighted by Crippen LogP contribution is -2.31. The minimum Gasteiger partial charge on any atom is -0.481 e. The second kappa shape index (κ2) is 7.07. The van der Waals surface area contributed by atoms with Gasteiger partial charge in [-0.05, 0) is 25.7 Å². The summed E-state index contributed by atoms with van der Waals surface area (Å²) in [5.74, 6) is 0.0859. The van der Waals surface area contributed by atoms with E-state index in [0.717, 1.165) is 25.7 Å². The highest BCUT2D eigenvalue weighted by atomic mass is 16.5. The Morgan fingerprint density at radius 1 is 1.55 bits per heavy atom. The molecule has 1 fully saturated rings. The van der Waals surface area contributed by atoms with Gasteiger partial charge in [0.2, 0.25) is 11.8 Å². The molecule has 110 valence electrons. The van der Waals surface area contributed by atoms with E-state index < -0.39 is 5.97 Å². The third kappa shape index (κ3) is 4.08. The zero-order valence-corrected chi connectivity index (χ0v) is 11.7. The molecule has 6 nitrogen and oxygen atoms in total. The summed E-state index contributed by atoms with van der Waals surface area (Å²) in [4.78, 5) is 19.5. The van der Waals surface area contributed by atoms with Gasteiger partial charge in [-0.15, -0.1) is 0 Å². The lowest BCUT2D eigenvalue weighted by molar-refractivity contribution is -0.142. The van der Waals surface area contributed by atoms with E-state index in [2.05, 4.69) is 15.3 Å². The molecule has 0 bridgehead atoms. The monoisotopic (exact) mass is 279 g/mol. The molecule has 2 atom stereocenters. The standard InChI is InChI=1S/C14H21N3O3/c1-2-8-20-12-6-7-15-14(17-12)16-11-5-3-4-10(9-11)13(18)19/h6-7,10-11H,2-5,8-9H2,1H3,(H,18,19)(H,15,16,17). The van der Waals surface area contributed by atoms with Crippen LogP contribution in [0.4, 0.5) is 5.95 Å². The third-order valence-corrected chi connectivity index (χ3v) is 3.44. The number of anilines is 1. The Bertz CT molecular complexity index is 453. The molecule has 0 amide bonds. The van der Waals surface area contributed by atoms with Crippen LogP contribution in [0.25, 0.3) is 0 Å². The van der Waals surface area contributed by atoms with Crippen LogP contribution >= 0.6 is 0 Å². The first-order chi connectivity index (χ1) is 9.69. The van der Waals surface area contributed by atoms with Crippen LogP contribution in [0, 0.1) is 5.92 Å². The van der Waals surface area contributed by atoms with Crippen molar-refractivity contribution in [3.63, 3.8) is 0 Å². The van der Waals surface area contributed by atoms with Gasteiger partial charge >= 0.3 is 5.97 Å². The number of nitrogens with zero attached hydrogens (tertiary/aromatic N) is 2. The Morgan fingerprint density at radius 2 is 2.40 bits per heavy atom. The van der Waals surface area contributed by atoms with Crippen molar-refractivity contribution in [1.82, 2.24) is 9.97 Å². The molecular weight excluding hydrogens is 258 g/mol. The van der Waals surface area contributed by atoms with Crippen molar-refractivity contribution < 1.29 is 14.6 Å². The van der Waals surface area contributed by atoms with Gasteiger partial charge in [-0.2, -0.15) is 4.98 Å². The number of ether oxygens (including phenoxy) is 1. The van der Waals surface area contributed by atoms with Crippen molar-refractivity contribution >= 4 is 11.9 Å². The zero-order chi connectivity index (χ0) is 14.4. The number of aliphatic carboxylic acids is 1. The molecule has 0 aromatic carbocycles. The van der Waals surface area contributed by atoms with Crippen molar-refractivity contribution in [3.8, 4) is 5.88 Å². The van der Waals surface area contributed by atoms with Crippen LogP contribution in [0.5, 0.6) is 5.88 Å². The number of nitrogens with one attached hydrogen (secondary N) is 1. The molecule has 2 unspecified atom stereocenters. The van der Waals surface area contributed by atoms with E-state index in [4.69, 9.17) is 9.84 Å². The van der Waals surface area contributed by atoms with Crippen LogP contribution < -0.4 is 10.1 Å². The van der Waals surface area contributed by atoms with Crippen LogP contribution in [0.1, 0.15) is 39.0 Å². The maximum atomic E-state index is 11.0. The number of carbonyl (C=O) groups is 1. The molecule has 1 aromatic rings. The minimum absolute atomic E-state index is 0.117. The molecule has 6 heteroatoms. The minimum atomic E-state index is -0.711. The average Bonchev–Trinajstić information content (AvgIpc) is 2.46. The molecule has 1 aliphatic carbocycles. The fraction of sp³-hybridized carbons (Fsp3) is 0.643. The molecule has 0 radical (unpaired) electrons. The largest absolute Gasteiger partial charge is 0.481 e. The van der Waals surface area contributed by atoms with Crippen LogP contribution in [-0.2, 0) is 4.79 Å². The van der Waals surface area contributed by atoms with Crippen LogP contribution in [0.3, 0.4) is 0 Å². The highest BCUT2D eigenvalue weighted by molar-refractivity contribution is 5.70. The van der Waals surface area contributed by atoms with Gasteiger partial charge in [-0.3, -0.25) is 4.79 Å². The predicted octanol–water partition coefficient (Wildman–Crippen LogP) is 2.32. The Kier molecular flexibility index (Phi) is 5.15. The Labute approximate surface area is 118 Å². The van der Waals surface area contributed by atoms with Crippen molar-refractivity contribution in [2.24, 2.45) is 5.92 Å². The van der Waals surface area contributed by atoms with E-state index in [0.29, 0.717) is 24.9 Å². The quantitative estimate of drug-likeness (QED) is 0.831. The summed E-state index contributed by atoms with van der Waals surface area (Å²) >= 11 is 0. The lowest BCUT2D eigenvalue weighted by Gasteiger charge is -2.27. The van der Waals surface area contributed by atoms with Crippen molar-refractivity contribution in [3.05, 3.63) is 12.3 Å². The van der Waals surface area contributed by atoms with Crippen LogP contribution in [-0.4, -0.2) is 33.7 Å². The smallest absolute Gasteiger partial charge is 0.306 e. The van der Waals surface area contributed by atoms with Gasteiger partial charge < -0.3 is 15.2 Å². The Morgan fingerprint density at radius 3 is 3.15 bits per heavy atom. The fourth-order valence-corrected chi connectivity index (χ4v) is 2.43. The van der Waals surface area contributed by atoms with E-state index in [1.54, 1.807) is 12.3 Å². The molecule has 20 heavy (non-hydrogen) atoms. The van der Waals surface area contributed by atoms with Gasteiger partial charge in [0.05, 0.1) is 12.5 Å². The maximum absolute atomic E-state index is 11.0. The molecular formula is C14H21N3O3. The van der Waals surface area contributed by atoms with E-state index in [9.17, 15) is 4.79 Å². The predicted molar refractivity (Wildman–Crippen MR) is 74.8 cm³/mol. The van der Waals surface area contributed by atoms with E-state index in [-0.39, 0.29) is 12.0 Å². The number of aromatic nitrogens is 2. The van der Waals surface area contributed by atoms with Crippen molar-refractivity contribution in [1.29, 1.82) is 0 Å². The Balaban J connectivity index is 1.93. The zero-order valence-electron chi connectivity index (χ0n) is 11.7. The molecule has 0 aliphatic heterocycles. The number of carboxylic acid groups (broad SMARTS) is 1. The lowest BCUT2D eigenvalue weighted by atomic mass is 9.86. The summed E-state index contributed by atoms with van der Waals surface area (Å²) in [7, 11) is 0. The van der Waals surface area contributed by atoms with Crippen molar-refractivity contribution in [2.45, 2.75) is 45.1 Å². The van der Waals surface area contributed by atoms with E-state index in [1.807, 2.05) is 6.92 Å². The first kappa shape index (κ1) is 14.6. The molecule has 0 saturated heterocycles. The number of hydrogen-bond acceptors (Lipinski definition) is 5. The fourth-order valence-electron chi connectivity index (χ4n) is 2.43. The molecule has 2 rings (SSSR count). The summed E-state index contributed by atoms with van der Waals surface area (Å²) in [5, 5.41) is 12.3. The SMILES string of the molecule is CCCOc1ccnc(NC2CCCC(C(=O)O)C2)n1. The normalized spacial score (nSPS) is 22.2. The summed E-state index contributed by atoms with van der Waals surface area (Å²) < 4.78 is 5.46. The topological polar surface area (TPSA) is 84.3 Å². The highest BCUT2D eigenvalue weighted by Crippen LogP contribution is 2.26. The molecule has 1 aromatic heterocycles. The van der Waals surface area contributed by atoms with Crippen molar-refractivity contribution in [2.75, 3.05) is 11.9 Å². The summed E-state index contributed by atoms with van der Waals surface area (Å²) in [5.41, 5.74) is 0. The van der Waals surface area contributed by atoms with Crippen LogP contribution in [0.2, 0.25) is 0 Å². The number of carboxylic acids is 1. The summed E-state index contributed by atoms with van der Waals surface area (Å²) in [6.07, 6.45) is 5.83. The van der Waals surface area contributed by atoms with Gasteiger partial charge in [0.25, 0.3) is 0 Å². The summed E-state index contributed by atoms with van der Waals surface area (Å²) in [6.45, 7) is 2.66. The van der Waals surface area contributed by atoms with Gasteiger partial charge in [-0.25, -0.2) is 4.98 Å². The van der Waals surface area contributed by atoms with Crippen LogP contribution in [0.15, 0.2) is 12.3 Å². The molecule has 1 heterocycles. The third-order valence-electron chi connectivity index (χ3n) is 3.44. The van der Waals surface area contributed by atoms with E-state index in [1.165, 1.54) is 0 Å². The number of hydrogen-bond donors (Lipinski definition) is 2. The summed E-state index contributed by atoms with van der Waals surface area (Å²) in [6, 6.07) is 1.84. The van der Waals surface area contributed by atoms with Gasteiger partial charge in [0.15, 0.2) is 0 Å². The van der Waals surface area contributed by atoms with E-state index >= 15 is 0 Å². The number of rotatable bonds is 6. The second-order valence-corrected chi connectivity index (χ2v) is 5.11. The maximum Gasteiger partial charge on any atom is 0.306 e. The van der Waals surface area contributed by atoms with Gasteiger partial charge in [-0.1, -0.05) is 13.3 Å². The Hall–Kier alpha value is -1.85. The van der Waals surface area contributed by atoms with Gasteiger partial charge in [0, 0.05) is 18.3 Å². The second-order valence-electron chi connectivity index (χ2n) is 5.11. The molecule has 1 aliphatic rings. The molecule has 2 N–H and O–H groups in total. The highest BCUT2D eigenvalue weighted by Gasteiger charge is 2.27.